The summed E-state index contributed by atoms with van der Waals surface area (Å²) in [5.41, 5.74) is 1.38. The second kappa shape index (κ2) is 6.88. The van der Waals surface area contributed by atoms with Crippen molar-refractivity contribution in [3.05, 3.63) is 35.9 Å². The third kappa shape index (κ3) is 3.80. The van der Waals surface area contributed by atoms with Gasteiger partial charge in [0, 0.05) is 31.7 Å². The van der Waals surface area contributed by atoms with Gasteiger partial charge in [-0.25, -0.2) is 0 Å². The molecule has 1 aromatic carbocycles. The maximum absolute atomic E-state index is 9.21. The highest BCUT2D eigenvalue weighted by Gasteiger charge is 2.23. The van der Waals surface area contributed by atoms with Gasteiger partial charge in [0.2, 0.25) is 0 Å². The number of aliphatic hydroxyl groups excluding tert-OH is 1. The van der Waals surface area contributed by atoms with E-state index in [4.69, 9.17) is 0 Å². The third-order valence-corrected chi connectivity index (χ3v) is 3.71. The summed E-state index contributed by atoms with van der Waals surface area (Å²) in [5, 5.41) is 12.8. The predicted octanol–water partition coefficient (Wildman–Crippen LogP) is 1.62. The standard InChI is InChI=1S/C15H24N2O/c1-2-14(12-18)16-15-8-9-17(11-15)10-13-6-4-3-5-7-13/h3-7,14-16,18H,2,8-12H2,1H3/t14-,15?/m1/s1. The van der Waals surface area contributed by atoms with Gasteiger partial charge in [-0.15, -0.1) is 0 Å². The van der Waals surface area contributed by atoms with Crippen molar-refractivity contribution in [2.45, 2.75) is 38.4 Å². The van der Waals surface area contributed by atoms with Crippen molar-refractivity contribution in [1.82, 2.24) is 10.2 Å². The molecule has 1 aromatic rings. The molecule has 3 heteroatoms. The minimum absolute atomic E-state index is 0.242. The van der Waals surface area contributed by atoms with Gasteiger partial charge in [0.05, 0.1) is 6.61 Å². The highest BCUT2D eigenvalue weighted by atomic mass is 16.3. The summed E-state index contributed by atoms with van der Waals surface area (Å²) in [5.74, 6) is 0. The number of hydrogen-bond donors (Lipinski definition) is 2. The highest BCUT2D eigenvalue weighted by Crippen LogP contribution is 2.14. The SMILES string of the molecule is CC[C@H](CO)NC1CCN(Cc2ccccc2)C1. The summed E-state index contributed by atoms with van der Waals surface area (Å²) in [6, 6.07) is 11.4. The van der Waals surface area contributed by atoms with Gasteiger partial charge in [-0.3, -0.25) is 4.90 Å². The van der Waals surface area contributed by atoms with Crippen LogP contribution < -0.4 is 5.32 Å². The van der Waals surface area contributed by atoms with E-state index < -0.39 is 0 Å². The molecule has 2 atom stereocenters. The normalized spacial score (nSPS) is 22.2. The molecule has 18 heavy (non-hydrogen) atoms. The molecule has 1 heterocycles. The van der Waals surface area contributed by atoms with Crippen molar-refractivity contribution >= 4 is 0 Å². The molecule has 100 valence electrons. The van der Waals surface area contributed by atoms with Crippen LogP contribution in [-0.4, -0.2) is 41.8 Å². The molecule has 1 aliphatic heterocycles. The Hall–Kier alpha value is -0.900. The van der Waals surface area contributed by atoms with Crippen LogP contribution in [0.4, 0.5) is 0 Å². The van der Waals surface area contributed by atoms with Crippen LogP contribution in [0.2, 0.25) is 0 Å². The van der Waals surface area contributed by atoms with Gasteiger partial charge in [0.25, 0.3) is 0 Å². The molecule has 3 nitrogen and oxygen atoms in total. The first-order chi connectivity index (χ1) is 8.81. The summed E-state index contributed by atoms with van der Waals surface area (Å²) in [6.07, 6.45) is 2.18. The maximum Gasteiger partial charge on any atom is 0.0584 e. The number of nitrogens with zero attached hydrogens (tertiary/aromatic N) is 1. The van der Waals surface area contributed by atoms with Crippen molar-refractivity contribution in [3.8, 4) is 0 Å². The number of aliphatic hydroxyl groups is 1. The zero-order valence-electron chi connectivity index (χ0n) is 11.2. The van der Waals surface area contributed by atoms with E-state index in [0.717, 1.165) is 26.1 Å². The predicted molar refractivity (Wildman–Crippen MR) is 74.4 cm³/mol. The van der Waals surface area contributed by atoms with Crippen LogP contribution in [0.3, 0.4) is 0 Å². The Morgan fingerprint density at radius 1 is 1.39 bits per heavy atom. The van der Waals surface area contributed by atoms with E-state index in [0.29, 0.717) is 6.04 Å². The van der Waals surface area contributed by atoms with Crippen molar-refractivity contribution in [2.24, 2.45) is 0 Å². The van der Waals surface area contributed by atoms with Gasteiger partial charge in [0.15, 0.2) is 0 Å². The van der Waals surface area contributed by atoms with E-state index >= 15 is 0 Å². The van der Waals surface area contributed by atoms with E-state index in [1.807, 2.05) is 0 Å². The summed E-state index contributed by atoms with van der Waals surface area (Å²) < 4.78 is 0. The lowest BCUT2D eigenvalue weighted by molar-refractivity contribution is 0.225. The Morgan fingerprint density at radius 2 is 2.17 bits per heavy atom. The molecule has 0 bridgehead atoms. The summed E-state index contributed by atoms with van der Waals surface area (Å²) in [6.45, 7) is 5.63. The third-order valence-electron chi connectivity index (χ3n) is 3.71. The summed E-state index contributed by atoms with van der Waals surface area (Å²) in [7, 11) is 0. The number of benzene rings is 1. The van der Waals surface area contributed by atoms with E-state index in [1.54, 1.807) is 0 Å². The lowest BCUT2D eigenvalue weighted by Gasteiger charge is -2.21. The van der Waals surface area contributed by atoms with Crippen LogP contribution in [0, 0.1) is 0 Å². The minimum atomic E-state index is 0.242. The molecule has 2 rings (SSSR count). The monoisotopic (exact) mass is 248 g/mol. The molecule has 0 saturated carbocycles. The Balaban J connectivity index is 1.78. The Morgan fingerprint density at radius 3 is 2.83 bits per heavy atom. The smallest absolute Gasteiger partial charge is 0.0584 e. The number of hydrogen-bond acceptors (Lipinski definition) is 3. The van der Waals surface area contributed by atoms with Crippen LogP contribution >= 0.6 is 0 Å². The Kier molecular flexibility index (Phi) is 5.17. The van der Waals surface area contributed by atoms with Gasteiger partial charge in [-0.1, -0.05) is 37.3 Å². The van der Waals surface area contributed by atoms with Crippen molar-refractivity contribution < 1.29 is 5.11 Å². The van der Waals surface area contributed by atoms with Crippen LogP contribution in [0.15, 0.2) is 30.3 Å². The van der Waals surface area contributed by atoms with E-state index in [-0.39, 0.29) is 12.6 Å². The molecular weight excluding hydrogens is 224 g/mol. The molecule has 0 aliphatic carbocycles. The largest absolute Gasteiger partial charge is 0.395 e. The quantitative estimate of drug-likeness (QED) is 0.803. The van der Waals surface area contributed by atoms with Gasteiger partial charge in [-0.05, 0) is 18.4 Å². The van der Waals surface area contributed by atoms with Crippen LogP contribution in [0.1, 0.15) is 25.3 Å². The summed E-state index contributed by atoms with van der Waals surface area (Å²) >= 11 is 0. The fourth-order valence-corrected chi connectivity index (χ4v) is 2.59. The van der Waals surface area contributed by atoms with Crippen molar-refractivity contribution in [2.75, 3.05) is 19.7 Å². The van der Waals surface area contributed by atoms with Gasteiger partial charge >= 0.3 is 0 Å². The molecule has 0 spiro atoms. The fraction of sp³-hybridized carbons (Fsp3) is 0.600. The van der Waals surface area contributed by atoms with Crippen LogP contribution in [0.25, 0.3) is 0 Å². The molecule has 1 unspecified atom stereocenters. The maximum atomic E-state index is 9.21. The average Bonchev–Trinajstić information content (AvgIpc) is 2.84. The van der Waals surface area contributed by atoms with E-state index in [9.17, 15) is 5.11 Å². The van der Waals surface area contributed by atoms with Gasteiger partial charge in [0.1, 0.15) is 0 Å². The lowest BCUT2D eigenvalue weighted by Crippen LogP contribution is -2.41. The topological polar surface area (TPSA) is 35.5 Å². The van der Waals surface area contributed by atoms with Gasteiger partial charge < -0.3 is 10.4 Å². The number of nitrogens with one attached hydrogen (secondary N) is 1. The zero-order chi connectivity index (χ0) is 12.8. The van der Waals surface area contributed by atoms with Crippen LogP contribution in [0.5, 0.6) is 0 Å². The lowest BCUT2D eigenvalue weighted by atomic mass is 10.2. The van der Waals surface area contributed by atoms with Crippen LogP contribution in [-0.2, 0) is 6.54 Å². The minimum Gasteiger partial charge on any atom is -0.395 e. The van der Waals surface area contributed by atoms with Gasteiger partial charge in [-0.2, -0.15) is 0 Å². The molecule has 1 aliphatic rings. The van der Waals surface area contributed by atoms with E-state index in [2.05, 4.69) is 47.5 Å². The first kappa shape index (κ1) is 13.5. The average molecular weight is 248 g/mol. The molecule has 0 aromatic heterocycles. The Labute approximate surface area is 110 Å². The molecule has 1 saturated heterocycles. The van der Waals surface area contributed by atoms with E-state index in [1.165, 1.54) is 12.0 Å². The molecule has 1 fully saturated rings. The zero-order valence-corrected chi connectivity index (χ0v) is 11.2. The fourth-order valence-electron chi connectivity index (χ4n) is 2.59. The number of likely N-dealkylation sites (tertiary alicyclic amines) is 1. The second-order valence-electron chi connectivity index (χ2n) is 5.16. The molecule has 0 amide bonds. The molecule has 2 N–H and O–H groups in total. The van der Waals surface area contributed by atoms with Crippen molar-refractivity contribution in [1.29, 1.82) is 0 Å². The second-order valence-corrected chi connectivity index (χ2v) is 5.16. The summed E-state index contributed by atoms with van der Waals surface area (Å²) in [4.78, 5) is 2.48. The first-order valence-corrected chi connectivity index (χ1v) is 6.95. The first-order valence-electron chi connectivity index (χ1n) is 6.95. The highest BCUT2D eigenvalue weighted by molar-refractivity contribution is 5.14. The van der Waals surface area contributed by atoms with Crippen molar-refractivity contribution in [3.63, 3.8) is 0 Å². The molecule has 0 radical (unpaired) electrons. The number of rotatable bonds is 6. The Bertz CT molecular complexity index is 338. The molecular formula is C15H24N2O.